The largest absolute Gasteiger partial charge is 0.352 e. The van der Waals surface area contributed by atoms with Crippen molar-refractivity contribution in [1.82, 2.24) is 14.9 Å². The lowest BCUT2D eigenvalue weighted by atomic mass is 10.1. The number of fused-ring (bicyclic) bond motifs is 2. The molecule has 142 valence electrons. The Labute approximate surface area is 168 Å². The van der Waals surface area contributed by atoms with Crippen LogP contribution < -0.4 is 5.32 Å². The number of aryl methyl sites for hydroxylation is 1. The molecule has 6 heteroatoms. The molecule has 0 saturated carbocycles. The van der Waals surface area contributed by atoms with Gasteiger partial charge in [0.2, 0.25) is 0 Å². The number of hydrogen-bond donors (Lipinski definition) is 1. The zero-order valence-electron chi connectivity index (χ0n) is 16.0. The summed E-state index contributed by atoms with van der Waals surface area (Å²) >= 11 is 1.67. The van der Waals surface area contributed by atoms with E-state index in [1.807, 2.05) is 49.6 Å². The van der Waals surface area contributed by atoms with Crippen LogP contribution in [0.15, 0.2) is 69.8 Å². The molecule has 1 N–H and O–H groups in total. The number of nitrogens with one attached hydrogen (secondary N) is 1. The maximum Gasteiger partial charge on any atom is 0.251 e. The summed E-state index contributed by atoms with van der Waals surface area (Å²) in [5, 5.41) is 4.09. The molecule has 0 bridgehead atoms. The second-order valence-electron chi connectivity index (χ2n) is 6.71. The molecular formula is C22H22N4OS. The summed E-state index contributed by atoms with van der Waals surface area (Å²) in [5.41, 5.74) is 4.12. The van der Waals surface area contributed by atoms with Gasteiger partial charge in [-0.3, -0.25) is 9.78 Å². The molecule has 1 amide bonds. The monoisotopic (exact) mass is 390 g/mol. The summed E-state index contributed by atoms with van der Waals surface area (Å²) in [6.07, 6.45) is 5.84. The number of aliphatic imine (C=N–C) groups is 1. The topological polar surface area (TPSA) is 59.3 Å². The number of benzene rings is 1. The molecule has 3 aromatic rings. The van der Waals surface area contributed by atoms with E-state index in [1.54, 1.807) is 18.0 Å². The Hall–Kier alpha value is -2.86. The molecule has 0 unspecified atom stereocenters. The first-order valence-electron chi connectivity index (χ1n) is 9.43. The summed E-state index contributed by atoms with van der Waals surface area (Å²) in [6.45, 7) is 2.80. The zero-order valence-corrected chi connectivity index (χ0v) is 16.8. The van der Waals surface area contributed by atoms with Crippen molar-refractivity contribution in [1.29, 1.82) is 0 Å². The Bertz CT molecular complexity index is 1040. The lowest BCUT2D eigenvalue weighted by molar-refractivity contribution is 0.0953. The minimum Gasteiger partial charge on any atom is -0.352 e. The first-order valence-corrected chi connectivity index (χ1v) is 10.2. The number of hydrogen-bond acceptors (Lipinski definition) is 4. The minimum absolute atomic E-state index is 0.0578. The van der Waals surface area contributed by atoms with Crippen LogP contribution in [0.5, 0.6) is 0 Å². The Balaban J connectivity index is 1.78. The van der Waals surface area contributed by atoms with Crippen LogP contribution in [-0.4, -0.2) is 27.7 Å². The molecule has 1 aliphatic heterocycles. The van der Waals surface area contributed by atoms with Crippen LogP contribution in [0, 0.1) is 0 Å². The molecule has 2 aromatic heterocycles. The number of unbranched alkanes of at least 4 members (excludes halogenated alkanes) is 1. The van der Waals surface area contributed by atoms with Crippen LogP contribution in [0.25, 0.3) is 0 Å². The fourth-order valence-corrected chi connectivity index (χ4v) is 4.15. The first-order chi connectivity index (χ1) is 13.7. The van der Waals surface area contributed by atoms with Crippen molar-refractivity contribution in [3.8, 4) is 0 Å². The van der Waals surface area contributed by atoms with Crippen molar-refractivity contribution in [3.05, 3.63) is 71.7 Å². The number of carbonyl (C=O) groups excluding carboxylic acids is 1. The molecule has 0 atom stereocenters. The van der Waals surface area contributed by atoms with Gasteiger partial charge in [-0.1, -0.05) is 31.2 Å². The third-order valence-corrected chi connectivity index (χ3v) is 5.92. The normalized spacial score (nSPS) is 12.6. The number of amides is 1. The van der Waals surface area contributed by atoms with E-state index < -0.39 is 0 Å². The van der Waals surface area contributed by atoms with Crippen molar-refractivity contribution in [2.75, 3.05) is 6.54 Å². The van der Waals surface area contributed by atoms with Crippen LogP contribution in [0.4, 0.5) is 5.69 Å². The fraction of sp³-hybridized carbons (Fsp3) is 0.227. The second kappa shape index (κ2) is 8.02. The summed E-state index contributed by atoms with van der Waals surface area (Å²) in [7, 11) is 2.03. The Morgan fingerprint density at radius 1 is 1.21 bits per heavy atom. The maximum absolute atomic E-state index is 12.5. The van der Waals surface area contributed by atoms with Gasteiger partial charge in [0.15, 0.2) is 0 Å². The third kappa shape index (κ3) is 3.60. The highest BCUT2D eigenvalue weighted by molar-refractivity contribution is 7.99. The molecular weight excluding hydrogens is 368 g/mol. The number of rotatable bonds is 5. The van der Waals surface area contributed by atoms with Gasteiger partial charge in [0.25, 0.3) is 5.91 Å². The van der Waals surface area contributed by atoms with E-state index in [0.29, 0.717) is 12.1 Å². The molecule has 4 rings (SSSR count). The van der Waals surface area contributed by atoms with Crippen molar-refractivity contribution >= 4 is 29.1 Å². The molecule has 0 spiro atoms. The molecule has 0 fully saturated rings. The van der Waals surface area contributed by atoms with Gasteiger partial charge in [0.1, 0.15) is 0 Å². The number of aromatic nitrogens is 2. The van der Waals surface area contributed by atoms with Crippen molar-refractivity contribution in [3.63, 3.8) is 0 Å². The van der Waals surface area contributed by atoms with Gasteiger partial charge in [-0.25, -0.2) is 4.99 Å². The summed E-state index contributed by atoms with van der Waals surface area (Å²) in [5.74, 6) is -0.0578. The Morgan fingerprint density at radius 3 is 2.89 bits per heavy atom. The summed E-state index contributed by atoms with van der Waals surface area (Å²) < 4.78 is 2.10. The van der Waals surface area contributed by atoms with E-state index in [9.17, 15) is 4.79 Å². The van der Waals surface area contributed by atoms with Crippen molar-refractivity contribution in [2.45, 2.75) is 29.7 Å². The minimum atomic E-state index is -0.0578. The van der Waals surface area contributed by atoms with E-state index in [1.165, 1.54) is 0 Å². The number of nitrogens with zero attached hydrogens (tertiary/aromatic N) is 3. The number of pyridine rings is 1. The smallest absolute Gasteiger partial charge is 0.251 e. The average molecular weight is 391 g/mol. The standard InChI is InChI=1S/C22H22N4OS/c1-3-4-11-24-21(27)15-8-9-19-18(14-15)25-20(17-7-5-6-12-23-17)16-10-13-26(2)22(16)28-19/h5-10,12-14H,3-4,11H2,1-2H3,(H,24,27). The van der Waals surface area contributed by atoms with Crippen LogP contribution in [0.3, 0.4) is 0 Å². The lowest BCUT2D eigenvalue weighted by Crippen LogP contribution is -2.24. The zero-order chi connectivity index (χ0) is 19.5. The van der Waals surface area contributed by atoms with E-state index in [2.05, 4.69) is 27.9 Å². The van der Waals surface area contributed by atoms with Crippen molar-refractivity contribution < 1.29 is 4.79 Å². The van der Waals surface area contributed by atoms with Crippen LogP contribution in [0.2, 0.25) is 0 Å². The molecule has 0 aliphatic carbocycles. The molecule has 1 aliphatic rings. The van der Waals surface area contributed by atoms with E-state index in [4.69, 9.17) is 4.99 Å². The SMILES string of the molecule is CCCCNC(=O)c1ccc2c(c1)N=C(c1ccccn1)c1ccn(C)c1S2. The highest BCUT2D eigenvalue weighted by atomic mass is 32.2. The number of carbonyl (C=O) groups is 1. The molecule has 28 heavy (non-hydrogen) atoms. The van der Waals surface area contributed by atoms with E-state index in [0.717, 1.165) is 45.4 Å². The van der Waals surface area contributed by atoms with E-state index in [-0.39, 0.29) is 5.91 Å². The van der Waals surface area contributed by atoms with Crippen molar-refractivity contribution in [2.24, 2.45) is 12.0 Å². The van der Waals surface area contributed by atoms with Crippen LogP contribution in [-0.2, 0) is 7.05 Å². The lowest BCUT2D eigenvalue weighted by Gasteiger charge is -2.08. The van der Waals surface area contributed by atoms with Gasteiger partial charge in [0.05, 0.1) is 22.1 Å². The first kappa shape index (κ1) is 18.5. The molecule has 3 heterocycles. The predicted molar refractivity (Wildman–Crippen MR) is 113 cm³/mol. The second-order valence-corrected chi connectivity index (χ2v) is 7.75. The third-order valence-electron chi connectivity index (χ3n) is 4.65. The summed E-state index contributed by atoms with van der Waals surface area (Å²) in [4.78, 5) is 23.0. The fourth-order valence-electron chi connectivity index (χ4n) is 3.12. The van der Waals surface area contributed by atoms with Crippen LogP contribution in [0.1, 0.15) is 41.4 Å². The highest BCUT2D eigenvalue weighted by Crippen LogP contribution is 2.41. The van der Waals surface area contributed by atoms with Gasteiger partial charge in [-0.05, 0) is 42.8 Å². The summed E-state index contributed by atoms with van der Waals surface area (Å²) in [6, 6.07) is 13.6. The Kier molecular flexibility index (Phi) is 5.30. The molecule has 1 aromatic carbocycles. The van der Waals surface area contributed by atoms with Gasteiger partial charge in [-0.15, -0.1) is 0 Å². The quantitative estimate of drug-likeness (QED) is 0.507. The maximum atomic E-state index is 12.5. The van der Waals surface area contributed by atoms with Gasteiger partial charge in [0, 0.05) is 42.0 Å². The van der Waals surface area contributed by atoms with E-state index >= 15 is 0 Å². The van der Waals surface area contributed by atoms with Crippen LogP contribution >= 0.6 is 11.8 Å². The van der Waals surface area contributed by atoms with Gasteiger partial charge < -0.3 is 9.88 Å². The predicted octanol–water partition coefficient (Wildman–Crippen LogP) is 4.58. The molecule has 0 radical (unpaired) electrons. The van der Waals surface area contributed by atoms with Gasteiger partial charge in [-0.2, -0.15) is 0 Å². The van der Waals surface area contributed by atoms with Gasteiger partial charge >= 0.3 is 0 Å². The average Bonchev–Trinajstić information content (AvgIpc) is 2.98. The highest BCUT2D eigenvalue weighted by Gasteiger charge is 2.22. The molecule has 5 nitrogen and oxygen atoms in total. The Morgan fingerprint density at radius 2 is 2.11 bits per heavy atom. The molecule has 0 saturated heterocycles.